The van der Waals surface area contributed by atoms with Crippen LogP contribution in [0.3, 0.4) is 0 Å². The predicted molar refractivity (Wildman–Crippen MR) is 127 cm³/mol. The van der Waals surface area contributed by atoms with E-state index in [1.165, 1.54) is 39.3 Å². The maximum atomic E-state index is 12.6. The molecule has 1 N–H and O–H groups in total. The summed E-state index contributed by atoms with van der Waals surface area (Å²) in [6.07, 6.45) is 1.88. The Morgan fingerprint density at radius 3 is 2.77 bits per heavy atom. The molecule has 2 aromatic rings. The number of hydrogen-bond donors (Lipinski definition) is 1. The molecule has 0 aromatic carbocycles. The van der Waals surface area contributed by atoms with Gasteiger partial charge in [0.05, 0.1) is 17.1 Å². The van der Waals surface area contributed by atoms with Gasteiger partial charge >= 0.3 is 5.97 Å². The van der Waals surface area contributed by atoms with Gasteiger partial charge in [0.15, 0.2) is 0 Å². The first-order chi connectivity index (χ1) is 14.3. The highest BCUT2D eigenvalue weighted by atomic mass is 32.2. The third-order valence-electron chi connectivity index (χ3n) is 4.37. The van der Waals surface area contributed by atoms with Crippen LogP contribution in [0.4, 0.5) is 5.00 Å². The molecular formula is C20H20N2O4S4. The van der Waals surface area contributed by atoms with Crippen molar-refractivity contribution in [2.75, 3.05) is 18.5 Å². The zero-order chi connectivity index (χ0) is 21.8. The molecule has 1 aliphatic heterocycles. The molecule has 30 heavy (non-hydrogen) atoms. The molecule has 2 amide bonds. The van der Waals surface area contributed by atoms with Crippen LogP contribution in [0.2, 0.25) is 0 Å². The minimum atomic E-state index is -0.453. The number of carbonyl (C=O) groups excluding carboxylic acids is 3. The van der Waals surface area contributed by atoms with Crippen LogP contribution in [0.1, 0.15) is 39.0 Å². The first-order valence-corrected chi connectivity index (χ1v) is 12.1. The highest BCUT2D eigenvalue weighted by Gasteiger charge is 2.32. The number of nitrogens with zero attached hydrogens (tertiary/aromatic N) is 1. The molecular weight excluding hydrogens is 460 g/mol. The van der Waals surface area contributed by atoms with Crippen LogP contribution in [0.5, 0.6) is 0 Å². The molecule has 3 rings (SSSR count). The minimum Gasteiger partial charge on any atom is -0.462 e. The Balaban J connectivity index is 1.64. The lowest BCUT2D eigenvalue weighted by atomic mass is 10.1. The van der Waals surface area contributed by atoms with E-state index in [1.54, 1.807) is 6.92 Å². The van der Waals surface area contributed by atoms with Crippen molar-refractivity contribution >= 4 is 79.8 Å². The number of anilines is 1. The van der Waals surface area contributed by atoms with Gasteiger partial charge in [-0.1, -0.05) is 30.0 Å². The van der Waals surface area contributed by atoms with E-state index >= 15 is 0 Å². The Morgan fingerprint density at radius 2 is 2.10 bits per heavy atom. The molecule has 0 atom stereocenters. The van der Waals surface area contributed by atoms with E-state index in [4.69, 9.17) is 17.0 Å². The molecule has 2 aromatic heterocycles. The number of amides is 2. The number of hydrogen-bond acceptors (Lipinski definition) is 8. The number of carbonyl (C=O) groups is 3. The second-order valence-corrected chi connectivity index (χ2v) is 10.2. The van der Waals surface area contributed by atoms with Gasteiger partial charge < -0.3 is 10.1 Å². The number of rotatable bonds is 7. The standard InChI is InChI=1S/C20H20N2O4S4/c1-4-26-19(25)16-11(2)12(3)29-17(16)21-15(23)7-8-22-18(24)14(30-20(22)27)10-13-6-5-9-28-13/h5-6,9-10H,4,7-8H2,1-3H3,(H,21,23)/b14-10-. The largest absolute Gasteiger partial charge is 0.462 e. The molecule has 158 valence electrons. The molecule has 0 radical (unpaired) electrons. The average molecular weight is 481 g/mol. The number of thiophene rings is 2. The summed E-state index contributed by atoms with van der Waals surface area (Å²) < 4.78 is 5.54. The van der Waals surface area contributed by atoms with E-state index in [9.17, 15) is 14.4 Å². The zero-order valence-electron chi connectivity index (χ0n) is 16.6. The number of thiocarbonyl (C=S) groups is 1. The molecule has 10 heteroatoms. The Bertz CT molecular complexity index is 1020. The van der Waals surface area contributed by atoms with Crippen LogP contribution in [-0.2, 0) is 14.3 Å². The first kappa shape index (κ1) is 22.7. The van der Waals surface area contributed by atoms with Crippen LogP contribution in [0, 0.1) is 13.8 Å². The van der Waals surface area contributed by atoms with Crippen molar-refractivity contribution in [3.8, 4) is 0 Å². The van der Waals surface area contributed by atoms with Crippen molar-refractivity contribution in [2.24, 2.45) is 0 Å². The van der Waals surface area contributed by atoms with E-state index in [1.807, 2.05) is 37.4 Å². The maximum Gasteiger partial charge on any atom is 0.341 e. The summed E-state index contributed by atoms with van der Waals surface area (Å²) in [7, 11) is 0. The fourth-order valence-electron chi connectivity index (χ4n) is 2.76. The van der Waals surface area contributed by atoms with Crippen molar-refractivity contribution in [2.45, 2.75) is 27.2 Å². The van der Waals surface area contributed by atoms with E-state index in [0.29, 0.717) is 19.8 Å². The normalized spacial score (nSPS) is 15.2. The zero-order valence-corrected chi connectivity index (χ0v) is 19.9. The van der Waals surface area contributed by atoms with Crippen molar-refractivity contribution in [1.29, 1.82) is 0 Å². The lowest BCUT2D eigenvalue weighted by Crippen LogP contribution is -2.31. The first-order valence-electron chi connectivity index (χ1n) is 9.17. The van der Waals surface area contributed by atoms with Gasteiger partial charge in [-0.05, 0) is 43.9 Å². The van der Waals surface area contributed by atoms with Gasteiger partial charge in [0.1, 0.15) is 9.32 Å². The molecule has 0 saturated carbocycles. The van der Waals surface area contributed by atoms with Crippen LogP contribution in [0.25, 0.3) is 6.08 Å². The van der Waals surface area contributed by atoms with Gasteiger partial charge in [0.2, 0.25) is 5.91 Å². The van der Waals surface area contributed by atoms with Crippen LogP contribution >= 0.6 is 46.7 Å². The predicted octanol–water partition coefficient (Wildman–Crippen LogP) is 4.83. The van der Waals surface area contributed by atoms with E-state index in [2.05, 4.69) is 5.32 Å². The summed E-state index contributed by atoms with van der Waals surface area (Å²) in [5.74, 6) is -0.940. The molecule has 0 spiro atoms. The average Bonchev–Trinajstić information content (AvgIpc) is 3.36. The highest BCUT2D eigenvalue weighted by molar-refractivity contribution is 8.26. The number of esters is 1. The van der Waals surface area contributed by atoms with Gasteiger partial charge in [-0.15, -0.1) is 22.7 Å². The van der Waals surface area contributed by atoms with Gasteiger partial charge in [0.25, 0.3) is 5.91 Å². The fraction of sp³-hybridized carbons (Fsp3) is 0.300. The van der Waals surface area contributed by atoms with Crippen LogP contribution in [-0.4, -0.2) is 40.2 Å². The molecule has 1 aliphatic rings. The molecule has 0 bridgehead atoms. The van der Waals surface area contributed by atoms with Gasteiger partial charge in [-0.25, -0.2) is 4.79 Å². The second kappa shape index (κ2) is 9.86. The third-order valence-corrected chi connectivity index (χ3v) is 7.69. The summed E-state index contributed by atoms with van der Waals surface area (Å²) >= 11 is 9.43. The van der Waals surface area contributed by atoms with Gasteiger partial charge in [-0.3, -0.25) is 14.5 Å². The van der Waals surface area contributed by atoms with Crippen molar-refractivity contribution < 1.29 is 19.1 Å². The smallest absolute Gasteiger partial charge is 0.341 e. The second-order valence-electron chi connectivity index (χ2n) is 6.35. The van der Waals surface area contributed by atoms with Crippen molar-refractivity contribution in [3.05, 3.63) is 43.3 Å². The molecule has 1 saturated heterocycles. The molecule has 1 fully saturated rings. The molecule has 3 heterocycles. The lowest BCUT2D eigenvalue weighted by molar-refractivity contribution is -0.122. The minimum absolute atomic E-state index is 0.0665. The Hall–Kier alpha value is -2.01. The lowest BCUT2D eigenvalue weighted by Gasteiger charge is -2.14. The quantitative estimate of drug-likeness (QED) is 0.347. The Kier molecular flexibility index (Phi) is 7.45. The van der Waals surface area contributed by atoms with Crippen LogP contribution in [0.15, 0.2) is 22.4 Å². The van der Waals surface area contributed by atoms with Crippen molar-refractivity contribution in [1.82, 2.24) is 4.90 Å². The van der Waals surface area contributed by atoms with E-state index < -0.39 is 5.97 Å². The number of aryl methyl sites for hydroxylation is 1. The van der Waals surface area contributed by atoms with Gasteiger partial charge in [0, 0.05) is 22.7 Å². The fourth-order valence-corrected chi connectivity index (χ4v) is 5.86. The highest BCUT2D eigenvalue weighted by Crippen LogP contribution is 2.34. The summed E-state index contributed by atoms with van der Waals surface area (Å²) in [5, 5.41) is 5.20. The van der Waals surface area contributed by atoms with Crippen LogP contribution < -0.4 is 5.32 Å². The number of ether oxygens (including phenoxy) is 1. The Morgan fingerprint density at radius 1 is 1.33 bits per heavy atom. The van der Waals surface area contributed by atoms with Crippen molar-refractivity contribution in [3.63, 3.8) is 0 Å². The third kappa shape index (κ3) is 5.00. The summed E-state index contributed by atoms with van der Waals surface area (Å²) in [6.45, 7) is 5.89. The van der Waals surface area contributed by atoms with E-state index in [0.717, 1.165) is 15.3 Å². The summed E-state index contributed by atoms with van der Waals surface area (Å²) in [4.78, 5) is 41.3. The summed E-state index contributed by atoms with van der Waals surface area (Å²) in [6, 6.07) is 3.84. The topological polar surface area (TPSA) is 75.7 Å². The maximum absolute atomic E-state index is 12.6. The molecule has 6 nitrogen and oxygen atoms in total. The molecule has 0 unspecified atom stereocenters. The SMILES string of the molecule is CCOC(=O)c1c(NC(=O)CCN2C(=O)/C(=C/c3cccs3)SC2=S)sc(C)c1C. The Labute approximate surface area is 192 Å². The van der Waals surface area contributed by atoms with Gasteiger partial charge in [-0.2, -0.15) is 0 Å². The molecule has 0 aliphatic carbocycles. The number of thioether (sulfide) groups is 1. The number of nitrogens with one attached hydrogen (secondary N) is 1. The monoisotopic (exact) mass is 480 g/mol. The summed E-state index contributed by atoms with van der Waals surface area (Å²) in [5.41, 5.74) is 1.18. The van der Waals surface area contributed by atoms with E-state index in [-0.39, 0.29) is 31.4 Å².